The molecule has 0 spiro atoms. The van der Waals surface area contributed by atoms with Crippen molar-refractivity contribution in [1.29, 1.82) is 0 Å². The van der Waals surface area contributed by atoms with Gasteiger partial charge in [0, 0.05) is 44.0 Å². The number of hydrogen-bond donors (Lipinski definition) is 1. The lowest BCUT2D eigenvalue weighted by molar-refractivity contribution is 0.158. The van der Waals surface area contributed by atoms with Crippen molar-refractivity contribution in [2.45, 2.75) is 32.9 Å². The van der Waals surface area contributed by atoms with Gasteiger partial charge in [0.15, 0.2) is 0 Å². The normalized spacial score (nSPS) is 27.2. The fourth-order valence-corrected chi connectivity index (χ4v) is 2.58. The monoisotopic (exact) mass is 222 g/mol. The van der Waals surface area contributed by atoms with E-state index in [1.54, 1.807) is 0 Å². The number of likely N-dealkylation sites (tertiary alicyclic amines) is 1. The number of hydrogen-bond acceptors (Lipinski definition) is 3. The van der Waals surface area contributed by atoms with Gasteiger partial charge in [-0.3, -0.25) is 9.58 Å². The van der Waals surface area contributed by atoms with Gasteiger partial charge in [0.25, 0.3) is 0 Å². The third kappa shape index (κ3) is 2.44. The SMILES string of the molecule is Cc1c(CN2CC(C)CC(N)C2)cnn1C. The van der Waals surface area contributed by atoms with E-state index in [2.05, 4.69) is 23.8 Å². The summed E-state index contributed by atoms with van der Waals surface area (Å²) in [4.78, 5) is 2.45. The molecule has 0 bridgehead atoms. The average molecular weight is 222 g/mol. The minimum atomic E-state index is 0.334. The Bertz CT molecular complexity index is 348. The molecule has 90 valence electrons. The van der Waals surface area contributed by atoms with Crippen molar-refractivity contribution in [2.75, 3.05) is 13.1 Å². The second kappa shape index (κ2) is 4.55. The molecule has 1 saturated heterocycles. The molecular formula is C12H22N4. The van der Waals surface area contributed by atoms with Crippen LogP contribution >= 0.6 is 0 Å². The van der Waals surface area contributed by atoms with Crippen molar-refractivity contribution in [3.63, 3.8) is 0 Å². The summed E-state index contributed by atoms with van der Waals surface area (Å²) in [5.41, 5.74) is 8.63. The van der Waals surface area contributed by atoms with E-state index in [0.717, 1.165) is 26.1 Å². The molecule has 1 aromatic rings. The van der Waals surface area contributed by atoms with E-state index >= 15 is 0 Å². The molecule has 0 radical (unpaired) electrons. The van der Waals surface area contributed by atoms with Crippen LogP contribution in [0.3, 0.4) is 0 Å². The standard InChI is InChI=1S/C12H22N4/c1-9-4-12(13)8-16(6-9)7-11-5-14-15(3)10(11)2/h5,9,12H,4,6-8,13H2,1-3H3. The second-order valence-corrected chi connectivity index (χ2v) is 5.17. The number of piperidine rings is 1. The summed E-state index contributed by atoms with van der Waals surface area (Å²) in [5.74, 6) is 0.709. The lowest BCUT2D eigenvalue weighted by Gasteiger charge is -2.34. The van der Waals surface area contributed by atoms with Crippen LogP contribution in [0.5, 0.6) is 0 Å². The van der Waals surface area contributed by atoms with Crippen molar-refractivity contribution in [3.8, 4) is 0 Å². The molecule has 16 heavy (non-hydrogen) atoms. The van der Waals surface area contributed by atoms with Crippen molar-refractivity contribution in [3.05, 3.63) is 17.5 Å². The van der Waals surface area contributed by atoms with Crippen LogP contribution in [0.15, 0.2) is 6.20 Å². The first-order valence-electron chi connectivity index (χ1n) is 6.01. The molecule has 1 aliphatic rings. The summed E-state index contributed by atoms with van der Waals surface area (Å²) in [6.45, 7) is 7.55. The first-order chi connectivity index (χ1) is 7.56. The zero-order valence-electron chi connectivity index (χ0n) is 10.5. The number of aryl methyl sites for hydroxylation is 1. The van der Waals surface area contributed by atoms with Crippen LogP contribution in [0.25, 0.3) is 0 Å². The first kappa shape index (κ1) is 11.6. The number of nitrogens with two attached hydrogens (primary N) is 1. The minimum absolute atomic E-state index is 0.334. The molecule has 1 aliphatic heterocycles. The van der Waals surface area contributed by atoms with Crippen LogP contribution in [0.1, 0.15) is 24.6 Å². The summed E-state index contributed by atoms with van der Waals surface area (Å²) in [7, 11) is 1.99. The minimum Gasteiger partial charge on any atom is -0.327 e. The van der Waals surface area contributed by atoms with E-state index in [9.17, 15) is 0 Å². The molecule has 0 amide bonds. The van der Waals surface area contributed by atoms with Crippen LogP contribution in [-0.4, -0.2) is 33.8 Å². The molecule has 2 atom stereocenters. The zero-order valence-corrected chi connectivity index (χ0v) is 10.5. The van der Waals surface area contributed by atoms with Crippen molar-refractivity contribution >= 4 is 0 Å². The van der Waals surface area contributed by atoms with Gasteiger partial charge in [0.1, 0.15) is 0 Å². The van der Waals surface area contributed by atoms with Gasteiger partial charge in [-0.25, -0.2) is 0 Å². The second-order valence-electron chi connectivity index (χ2n) is 5.17. The highest BCUT2D eigenvalue weighted by molar-refractivity contribution is 5.15. The Labute approximate surface area is 97.4 Å². The summed E-state index contributed by atoms with van der Waals surface area (Å²) < 4.78 is 1.93. The van der Waals surface area contributed by atoms with Crippen LogP contribution < -0.4 is 5.73 Å². The Morgan fingerprint density at radius 3 is 2.81 bits per heavy atom. The fraction of sp³-hybridized carbons (Fsp3) is 0.750. The maximum atomic E-state index is 6.05. The molecule has 2 rings (SSSR count). The van der Waals surface area contributed by atoms with Gasteiger partial charge >= 0.3 is 0 Å². The molecule has 2 N–H and O–H groups in total. The Balaban J connectivity index is 2.01. The highest BCUT2D eigenvalue weighted by atomic mass is 15.3. The van der Waals surface area contributed by atoms with Gasteiger partial charge < -0.3 is 5.73 Å². The van der Waals surface area contributed by atoms with Crippen LogP contribution in [0.4, 0.5) is 0 Å². The van der Waals surface area contributed by atoms with Crippen molar-refractivity contribution in [1.82, 2.24) is 14.7 Å². The topological polar surface area (TPSA) is 47.1 Å². The lowest BCUT2D eigenvalue weighted by atomic mass is 9.96. The van der Waals surface area contributed by atoms with E-state index in [-0.39, 0.29) is 0 Å². The van der Waals surface area contributed by atoms with Gasteiger partial charge in [-0.1, -0.05) is 6.92 Å². The van der Waals surface area contributed by atoms with Crippen molar-refractivity contribution in [2.24, 2.45) is 18.7 Å². The third-order valence-electron chi connectivity index (χ3n) is 3.50. The van der Waals surface area contributed by atoms with Gasteiger partial charge in [-0.05, 0) is 19.3 Å². The summed E-state index contributed by atoms with van der Waals surface area (Å²) in [5, 5.41) is 4.28. The zero-order chi connectivity index (χ0) is 11.7. The number of aromatic nitrogens is 2. The van der Waals surface area contributed by atoms with Gasteiger partial charge in [0.2, 0.25) is 0 Å². The molecule has 4 heteroatoms. The maximum absolute atomic E-state index is 6.05. The van der Waals surface area contributed by atoms with E-state index in [0.29, 0.717) is 12.0 Å². The van der Waals surface area contributed by atoms with Crippen LogP contribution in [0, 0.1) is 12.8 Å². The van der Waals surface area contributed by atoms with Gasteiger partial charge in [-0.2, -0.15) is 5.10 Å². The Kier molecular flexibility index (Phi) is 3.30. The summed E-state index contributed by atoms with van der Waals surface area (Å²) in [6.07, 6.45) is 3.13. The van der Waals surface area contributed by atoms with Crippen molar-refractivity contribution < 1.29 is 0 Å². The molecule has 1 fully saturated rings. The van der Waals surface area contributed by atoms with E-state index < -0.39 is 0 Å². The number of nitrogens with zero attached hydrogens (tertiary/aromatic N) is 3. The largest absolute Gasteiger partial charge is 0.327 e. The third-order valence-corrected chi connectivity index (χ3v) is 3.50. The summed E-state index contributed by atoms with van der Waals surface area (Å²) >= 11 is 0. The Hall–Kier alpha value is -0.870. The highest BCUT2D eigenvalue weighted by Gasteiger charge is 2.22. The average Bonchev–Trinajstić information content (AvgIpc) is 2.48. The van der Waals surface area contributed by atoms with E-state index in [1.165, 1.54) is 11.3 Å². The molecule has 0 saturated carbocycles. The van der Waals surface area contributed by atoms with E-state index in [1.807, 2.05) is 17.9 Å². The van der Waals surface area contributed by atoms with Crippen LogP contribution in [0.2, 0.25) is 0 Å². The Morgan fingerprint density at radius 2 is 2.25 bits per heavy atom. The van der Waals surface area contributed by atoms with Gasteiger partial charge in [0.05, 0.1) is 6.20 Å². The quantitative estimate of drug-likeness (QED) is 0.808. The lowest BCUT2D eigenvalue weighted by Crippen LogP contribution is -2.45. The molecule has 0 aliphatic carbocycles. The maximum Gasteiger partial charge on any atom is 0.0537 e. The molecule has 0 aromatic carbocycles. The van der Waals surface area contributed by atoms with Crippen LogP contribution in [-0.2, 0) is 13.6 Å². The molecule has 2 heterocycles. The fourth-order valence-electron chi connectivity index (χ4n) is 2.58. The molecule has 1 aromatic heterocycles. The predicted molar refractivity (Wildman–Crippen MR) is 65.0 cm³/mol. The van der Waals surface area contributed by atoms with E-state index in [4.69, 9.17) is 5.73 Å². The molecule has 2 unspecified atom stereocenters. The first-order valence-corrected chi connectivity index (χ1v) is 6.01. The smallest absolute Gasteiger partial charge is 0.0537 e. The number of rotatable bonds is 2. The predicted octanol–water partition coefficient (Wildman–Crippen LogP) is 0.898. The molecular weight excluding hydrogens is 200 g/mol. The van der Waals surface area contributed by atoms with Gasteiger partial charge in [-0.15, -0.1) is 0 Å². The highest BCUT2D eigenvalue weighted by Crippen LogP contribution is 2.18. The molecule has 4 nitrogen and oxygen atoms in total. The Morgan fingerprint density at radius 1 is 1.50 bits per heavy atom. The summed E-state index contributed by atoms with van der Waals surface area (Å²) in [6, 6.07) is 0.334.